The number of hydrogen-bond donors (Lipinski definition) is 1. The van der Waals surface area contributed by atoms with Crippen molar-refractivity contribution in [2.75, 3.05) is 21.3 Å². The normalized spacial score (nSPS) is 11.8. The van der Waals surface area contributed by atoms with Crippen molar-refractivity contribution in [1.29, 1.82) is 0 Å². The number of aryl methyl sites for hydroxylation is 1. The van der Waals surface area contributed by atoms with Crippen molar-refractivity contribution < 1.29 is 19.0 Å². The summed E-state index contributed by atoms with van der Waals surface area (Å²) < 4.78 is 15.1. The molecule has 0 aromatic heterocycles. The SMILES string of the molecule is COC(=O)C(N)Cc1c(C)cc(OC)cc1OC. The van der Waals surface area contributed by atoms with Crippen molar-refractivity contribution in [2.45, 2.75) is 19.4 Å². The zero-order valence-electron chi connectivity index (χ0n) is 11.1. The Kier molecular flexibility index (Phi) is 4.97. The van der Waals surface area contributed by atoms with Gasteiger partial charge < -0.3 is 19.9 Å². The van der Waals surface area contributed by atoms with E-state index in [0.717, 1.165) is 11.1 Å². The van der Waals surface area contributed by atoms with E-state index in [4.69, 9.17) is 15.2 Å². The van der Waals surface area contributed by atoms with Crippen LogP contribution in [0.3, 0.4) is 0 Å². The Labute approximate surface area is 107 Å². The number of ether oxygens (including phenoxy) is 3. The van der Waals surface area contributed by atoms with Gasteiger partial charge in [-0.15, -0.1) is 0 Å². The lowest BCUT2D eigenvalue weighted by molar-refractivity contribution is -0.142. The van der Waals surface area contributed by atoms with Crippen LogP contribution in [0.15, 0.2) is 12.1 Å². The molecule has 18 heavy (non-hydrogen) atoms. The second-order valence-corrected chi connectivity index (χ2v) is 3.96. The Bertz CT molecular complexity index is 431. The average molecular weight is 253 g/mol. The Morgan fingerprint density at radius 1 is 1.28 bits per heavy atom. The smallest absolute Gasteiger partial charge is 0.322 e. The molecule has 5 nitrogen and oxygen atoms in total. The van der Waals surface area contributed by atoms with Gasteiger partial charge in [-0.1, -0.05) is 0 Å². The van der Waals surface area contributed by atoms with E-state index in [1.165, 1.54) is 7.11 Å². The minimum Gasteiger partial charge on any atom is -0.497 e. The zero-order chi connectivity index (χ0) is 13.7. The number of carbonyl (C=O) groups is 1. The first kappa shape index (κ1) is 14.3. The van der Waals surface area contributed by atoms with Crippen molar-refractivity contribution in [3.63, 3.8) is 0 Å². The van der Waals surface area contributed by atoms with Gasteiger partial charge in [-0.2, -0.15) is 0 Å². The van der Waals surface area contributed by atoms with E-state index in [-0.39, 0.29) is 0 Å². The minimum absolute atomic E-state index is 0.367. The molecule has 1 rings (SSSR count). The van der Waals surface area contributed by atoms with Crippen molar-refractivity contribution >= 4 is 5.97 Å². The quantitative estimate of drug-likeness (QED) is 0.794. The van der Waals surface area contributed by atoms with Gasteiger partial charge in [0.05, 0.1) is 21.3 Å². The van der Waals surface area contributed by atoms with Crippen LogP contribution in [0.4, 0.5) is 0 Å². The highest BCUT2D eigenvalue weighted by Gasteiger charge is 2.19. The molecule has 1 unspecified atom stereocenters. The van der Waals surface area contributed by atoms with Gasteiger partial charge in [0.1, 0.15) is 17.5 Å². The molecule has 0 aliphatic carbocycles. The van der Waals surface area contributed by atoms with Gasteiger partial charge in [0.25, 0.3) is 0 Å². The molecule has 0 radical (unpaired) electrons. The fourth-order valence-corrected chi connectivity index (χ4v) is 1.77. The molecule has 0 saturated carbocycles. The molecule has 0 bridgehead atoms. The number of rotatable bonds is 5. The minimum atomic E-state index is -0.698. The fraction of sp³-hybridized carbons (Fsp3) is 0.462. The van der Waals surface area contributed by atoms with Crippen LogP contribution in [0.1, 0.15) is 11.1 Å². The molecule has 0 aliphatic rings. The van der Waals surface area contributed by atoms with E-state index in [1.54, 1.807) is 20.3 Å². The van der Waals surface area contributed by atoms with Crippen molar-refractivity contribution in [3.8, 4) is 11.5 Å². The highest BCUT2D eigenvalue weighted by Crippen LogP contribution is 2.29. The topological polar surface area (TPSA) is 70.8 Å². The third kappa shape index (κ3) is 3.13. The van der Waals surface area contributed by atoms with Crippen LogP contribution in [0.25, 0.3) is 0 Å². The first-order chi connectivity index (χ1) is 8.53. The number of benzene rings is 1. The van der Waals surface area contributed by atoms with Gasteiger partial charge in [-0.05, 0) is 24.1 Å². The summed E-state index contributed by atoms with van der Waals surface area (Å²) in [6.45, 7) is 1.92. The van der Waals surface area contributed by atoms with Crippen LogP contribution >= 0.6 is 0 Å². The largest absolute Gasteiger partial charge is 0.497 e. The summed E-state index contributed by atoms with van der Waals surface area (Å²) in [5.41, 5.74) is 7.61. The molecule has 0 saturated heterocycles. The summed E-state index contributed by atoms with van der Waals surface area (Å²) in [6, 6.07) is 2.95. The van der Waals surface area contributed by atoms with Gasteiger partial charge in [0, 0.05) is 12.5 Å². The molecule has 0 aliphatic heterocycles. The number of nitrogens with two attached hydrogens (primary N) is 1. The molecule has 1 aromatic rings. The van der Waals surface area contributed by atoms with E-state index in [1.807, 2.05) is 13.0 Å². The molecule has 2 N–H and O–H groups in total. The standard InChI is InChI=1S/C13H19NO4/c1-8-5-9(16-2)6-12(17-3)10(8)7-11(14)13(15)18-4/h5-6,11H,7,14H2,1-4H3. The second-order valence-electron chi connectivity index (χ2n) is 3.96. The summed E-state index contributed by atoms with van der Waals surface area (Å²) in [5, 5.41) is 0. The van der Waals surface area contributed by atoms with Crippen LogP contribution in [0, 0.1) is 6.92 Å². The second kappa shape index (κ2) is 6.26. The molecule has 0 amide bonds. The Balaban J connectivity index is 3.04. The fourth-order valence-electron chi connectivity index (χ4n) is 1.77. The third-order valence-electron chi connectivity index (χ3n) is 2.79. The number of carbonyl (C=O) groups excluding carboxylic acids is 1. The molecular weight excluding hydrogens is 234 g/mol. The van der Waals surface area contributed by atoms with Crippen LogP contribution in [-0.2, 0) is 16.0 Å². The van der Waals surface area contributed by atoms with Crippen LogP contribution in [-0.4, -0.2) is 33.3 Å². The number of esters is 1. The molecule has 1 atom stereocenters. The Morgan fingerprint density at radius 2 is 1.94 bits per heavy atom. The lowest BCUT2D eigenvalue weighted by Gasteiger charge is -2.16. The van der Waals surface area contributed by atoms with E-state index in [9.17, 15) is 4.79 Å². The van der Waals surface area contributed by atoms with E-state index >= 15 is 0 Å². The maximum Gasteiger partial charge on any atom is 0.322 e. The predicted octanol–water partition coefficient (Wildman–Crippen LogP) is 1.06. The highest BCUT2D eigenvalue weighted by atomic mass is 16.5. The number of hydrogen-bond acceptors (Lipinski definition) is 5. The maximum absolute atomic E-state index is 11.3. The average Bonchev–Trinajstić information content (AvgIpc) is 2.39. The molecule has 0 heterocycles. The monoisotopic (exact) mass is 253 g/mol. The van der Waals surface area contributed by atoms with E-state index in [2.05, 4.69) is 4.74 Å². The molecule has 100 valence electrons. The summed E-state index contributed by atoms with van der Waals surface area (Å²) in [5.74, 6) is 0.929. The van der Waals surface area contributed by atoms with Gasteiger partial charge >= 0.3 is 5.97 Å². The van der Waals surface area contributed by atoms with Crippen LogP contribution in [0.2, 0.25) is 0 Å². The lowest BCUT2D eigenvalue weighted by atomic mass is 10.00. The van der Waals surface area contributed by atoms with Crippen molar-refractivity contribution in [2.24, 2.45) is 5.73 Å². The Hall–Kier alpha value is -1.75. The molecule has 1 aromatic carbocycles. The first-order valence-electron chi connectivity index (χ1n) is 5.58. The highest BCUT2D eigenvalue weighted by molar-refractivity contribution is 5.76. The van der Waals surface area contributed by atoms with Crippen molar-refractivity contribution in [3.05, 3.63) is 23.3 Å². The maximum atomic E-state index is 11.3. The lowest BCUT2D eigenvalue weighted by Crippen LogP contribution is -2.34. The summed E-state index contributed by atoms with van der Waals surface area (Å²) in [7, 11) is 4.48. The van der Waals surface area contributed by atoms with Crippen molar-refractivity contribution in [1.82, 2.24) is 0 Å². The van der Waals surface area contributed by atoms with Gasteiger partial charge in [0.2, 0.25) is 0 Å². The van der Waals surface area contributed by atoms with Gasteiger partial charge in [0.15, 0.2) is 0 Å². The predicted molar refractivity (Wildman–Crippen MR) is 68.0 cm³/mol. The van der Waals surface area contributed by atoms with E-state index in [0.29, 0.717) is 17.9 Å². The van der Waals surface area contributed by atoms with Crippen LogP contribution < -0.4 is 15.2 Å². The molecule has 5 heteroatoms. The van der Waals surface area contributed by atoms with Gasteiger partial charge in [-0.25, -0.2) is 0 Å². The molecule has 0 fully saturated rings. The van der Waals surface area contributed by atoms with Crippen LogP contribution in [0.5, 0.6) is 11.5 Å². The summed E-state index contributed by atoms with van der Waals surface area (Å²) >= 11 is 0. The zero-order valence-corrected chi connectivity index (χ0v) is 11.1. The summed E-state index contributed by atoms with van der Waals surface area (Å²) in [6.07, 6.45) is 0.367. The Morgan fingerprint density at radius 3 is 2.44 bits per heavy atom. The summed E-state index contributed by atoms with van der Waals surface area (Å²) in [4.78, 5) is 11.3. The van der Waals surface area contributed by atoms with Gasteiger partial charge in [-0.3, -0.25) is 4.79 Å². The molecular formula is C13H19NO4. The third-order valence-corrected chi connectivity index (χ3v) is 2.79. The molecule has 0 spiro atoms. The number of methoxy groups -OCH3 is 3. The van der Waals surface area contributed by atoms with E-state index < -0.39 is 12.0 Å². The first-order valence-corrected chi connectivity index (χ1v) is 5.58.